The molecule has 0 saturated carbocycles. The van der Waals surface area contributed by atoms with Crippen LogP contribution in [0.1, 0.15) is 17.2 Å². The fraction of sp³-hybridized carbons (Fsp3) is 0.333. The first kappa shape index (κ1) is 16.5. The van der Waals surface area contributed by atoms with E-state index < -0.39 is 11.1 Å². The lowest BCUT2D eigenvalue weighted by molar-refractivity contribution is 0.192. The predicted molar refractivity (Wildman–Crippen MR) is 95.6 cm³/mol. The molecule has 0 atom stereocenters. The SMILES string of the molecule is Cn1nc2n(c(=O)c1=O)CCN(Cc1nccn1Cc1ccccc1)C2. The Morgan fingerprint density at radius 1 is 1.04 bits per heavy atom. The third-order valence-corrected chi connectivity index (χ3v) is 4.67. The van der Waals surface area contributed by atoms with Crippen molar-refractivity contribution < 1.29 is 0 Å². The van der Waals surface area contributed by atoms with Crippen molar-refractivity contribution in [2.45, 2.75) is 26.2 Å². The van der Waals surface area contributed by atoms with E-state index in [2.05, 4.69) is 31.7 Å². The molecule has 0 unspecified atom stereocenters. The Bertz CT molecular complexity index is 1030. The van der Waals surface area contributed by atoms with Gasteiger partial charge >= 0.3 is 11.1 Å². The molecule has 0 N–H and O–H groups in total. The van der Waals surface area contributed by atoms with Crippen LogP contribution in [0.4, 0.5) is 0 Å². The summed E-state index contributed by atoms with van der Waals surface area (Å²) in [4.78, 5) is 30.5. The number of hydrogen-bond acceptors (Lipinski definition) is 5. The quantitative estimate of drug-likeness (QED) is 0.627. The highest BCUT2D eigenvalue weighted by Crippen LogP contribution is 2.12. The Hall–Kier alpha value is -3.00. The summed E-state index contributed by atoms with van der Waals surface area (Å²) in [6.45, 7) is 3.10. The van der Waals surface area contributed by atoms with Gasteiger partial charge in [0.2, 0.25) is 0 Å². The van der Waals surface area contributed by atoms with Gasteiger partial charge in [-0.2, -0.15) is 5.10 Å². The number of nitrogens with zero attached hydrogens (tertiary/aromatic N) is 6. The van der Waals surface area contributed by atoms with E-state index in [4.69, 9.17) is 0 Å². The molecule has 4 rings (SSSR count). The van der Waals surface area contributed by atoms with Crippen molar-refractivity contribution in [2.75, 3.05) is 6.54 Å². The van der Waals surface area contributed by atoms with Crippen molar-refractivity contribution in [2.24, 2.45) is 7.05 Å². The van der Waals surface area contributed by atoms with Crippen molar-refractivity contribution >= 4 is 0 Å². The smallest absolute Gasteiger partial charge is 0.329 e. The number of fused-ring (bicyclic) bond motifs is 1. The van der Waals surface area contributed by atoms with Gasteiger partial charge in [-0.25, -0.2) is 9.67 Å². The maximum atomic E-state index is 12.1. The molecule has 0 fully saturated rings. The number of rotatable bonds is 4. The number of imidazole rings is 1. The highest BCUT2D eigenvalue weighted by Gasteiger charge is 2.21. The first-order chi connectivity index (χ1) is 12.6. The van der Waals surface area contributed by atoms with E-state index in [1.807, 2.05) is 30.6 Å². The summed E-state index contributed by atoms with van der Waals surface area (Å²) in [5.74, 6) is 1.58. The molecule has 1 aliphatic heterocycles. The largest absolute Gasteiger partial charge is 0.332 e. The van der Waals surface area contributed by atoms with Crippen LogP contribution < -0.4 is 11.1 Å². The highest BCUT2D eigenvalue weighted by atomic mass is 16.2. The van der Waals surface area contributed by atoms with Crippen LogP contribution in [0.3, 0.4) is 0 Å². The molecular formula is C18H20N6O2. The second-order valence-electron chi connectivity index (χ2n) is 6.47. The minimum Gasteiger partial charge on any atom is -0.329 e. The van der Waals surface area contributed by atoms with E-state index in [0.29, 0.717) is 32.0 Å². The Morgan fingerprint density at radius 3 is 2.65 bits per heavy atom. The van der Waals surface area contributed by atoms with Crippen molar-refractivity contribution in [3.63, 3.8) is 0 Å². The van der Waals surface area contributed by atoms with Crippen LogP contribution >= 0.6 is 0 Å². The summed E-state index contributed by atoms with van der Waals surface area (Å²) in [7, 11) is 1.51. The number of aromatic nitrogens is 5. The predicted octanol–water partition coefficient (Wildman–Crippen LogP) is 0.203. The number of benzene rings is 1. The molecule has 2 aromatic heterocycles. The molecular weight excluding hydrogens is 332 g/mol. The zero-order valence-corrected chi connectivity index (χ0v) is 14.6. The summed E-state index contributed by atoms with van der Waals surface area (Å²) in [5, 5.41) is 4.24. The lowest BCUT2D eigenvalue weighted by Gasteiger charge is -2.28. The molecule has 1 aliphatic rings. The van der Waals surface area contributed by atoms with Crippen molar-refractivity contribution in [3.05, 3.63) is 80.6 Å². The van der Waals surface area contributed by atoms with Gasteiger partial charge in [-0.1, -0.05) is 30.3 Å². The van der Waals surface area contributed by atoms with E-state index in [1.54, 1.807) is 0 Å². The first-order valence-electron chi connectivity index (χ1n) is 8.55. The molecule has 0 amide bonds. The van der Waals surface area contributed by atoms with Crippen LogP contribution in [0.15, 0.2) is 52.3 Å². The Kier molecular flexibility index (Phi) is 4.26. The third-order valence-electron chi connectivity index (χ3n) is 4.67. The molecule has 0 aliphatic carbocycles. The second kappa shape index (κ2) is 6.72. The fourth-order valence-corrected chi connectivity index (χ4v) is 3.26. The average molecular weight is 352 g/mol. The Labute approximate surface area is 149 Å². The third kappa shape index (κ3) is 3.11. The van der Waals surface area contributed by atoms with Gasteiger partial charge in [0.15, 0.2) is 0 Å². The minimum atomic E-state index is -0.583. The lowest BCUT2D eigenvalue weighted by atomic mass is 10.2. The van der Waals surface area contributed by atoms with E-state index >= 15 is 0 Å². The maximum absolute atomic E-state index is 12.1. The minimum absolute atomic E-state index is 0.469. The van der Waals surface area contributed by atoms with Crippen molar-refractivity contribution in [1.82, 2.24) is 28.8 Å². The van der Waals surface area contributed by atoms with Gasteiger partial charge in [0.05, 0.1) is 13.1 Å². The molecule has 8 nitrogen and oxygen atoms in total. The molecule has 8 heteroatoms. The lowest BCUT2D eigenvalue weighted by Crippen LogP contribution is -2.48. The molecule has 0 bridgehead atoms. The molecule has 26 heavy (non-hydrogen) atoms. The summed E-state index contributed by atoms with van der Waals surface area (Å²) in [6, 6.07) is 10.3. The molecule has 0 saturated heterocycles. The molecule has 134 valence electrons. The zero-order valence-electron chi connectivity index (χ0n) is 14.6. The summed E-state index contributed by atoms with van der Waals surface area (Å²) in [5.41, 5.74) is 0.141. The van der Waals surface area contributed by atoms with E-state index in [9.17, 15) is 9.59 Å². The maximum Gasteiger partial charge on any atom is 0.332 e. The van der Waals surface area contributed by atoms with E-state index in [1.165, 1.54) is 17.2 Å². The standard InChI is InChI=1S/C18H20N6O2/c1-21-17(25)18(26)24-10-9-22(13-16(24)20-21)12-15-19-7-8-23(15)11-14-5-3-2-4-6-14/h2-8H,9-13H2,1H3. The first-order valence-corrected chi connectivity index (χ1v) is 8.55. The van der Waals surface area contributed by atoms with Gasteiger partial charge in [-0.15, -0.1) is 0 Å². The van der Waals surface area contributed by atoms with Crippen LogP contribution in [0.5, 0.6) is 0 Å². The zero-order chi connectivity index (χ0) is 18.1. The van der Waals surface area contributed by atoms with Crippen LogP contribution in [0.2, 0.25) is 0 Å². The van der Waals surface area contributed by atoms with Gasteiger partial charge in [0.25, 0.3) is 0 Å². The Morgan fingerprint density at radius 2 is 1.85 bits per heavy atom. The average Bonchev–Trinajstić information content (AvgIpc) is 3.07. The monoisotopic (exact) mass is 352 g/mol. The van der Waals surface area contributed by atoms with Crippen molar-refractivity contribution in [1.29, 1.82) is 0 Å². The van der Waals surface area contributed by atoms with Gasteiger partial charge in [0.1, 0.15) is 11.6 Å². The summed E-state index contributed by atoms with van der Waals surface area (Å²) >= 11 is 0. The summed E-state index contributed by atoms with van der Waals surface area (Å²) < 4.78 is 4.73. The molecule has 3 heterocycles. The second-order valence-corrected chi connectivity index (χ2v) is 6.47. The van der Waals surface area contributed by atoms with Crippen LogP contribution in [-0.4, -0.2) is 35.3 Å². The molecule has 3 aromatic rings. The molecule has 0 spiro atoms. The van der Waals surface area contributed by atoms with Gasteiger partial charge in [-0.3, -0.25) is 19.1 Å². The van der Waals surface area contributed by atoms with Crippen LogP contribution in [0, 0.1) is 0 Å². The highest BCUT2D eigenvalue weighted by molar-refractivity contribution is 5.15. The molecule has 0 radical (unpaired) electrons. The Balaban J connectivity index is 1.52. The topological polar surface area (TPSA) is 78.0 Å². The van der Waals surface area contributed by atoms with Crippen LogP contribution in [-0.2, 0) is 33.2 Å². The van der Waals surface area contributed by atoms with Crippen LogP contribution in [0.25, 0.3) is 0 Å². The van der Waals surface area contributed by atoms with Crippen molar-refractivity contribution in [3.8, 4) is 0 Å². The van der Waals surface area contributed by atoms with E-state index in [0.717, 1.165) is 17.1 Å². The number of hydrogen-bond donors (Lipinski definition) is 0. The molecule has 1 aromatic carbocycles. The summed E-state index contributed by atoms with van der Waals surface area (Å²) in [6.07, 6.45) is 3.79. The van der Waals surface area contributed by atoms with Gasteiger partial charge in [-0.05, 0) is 5.56 Å². The van der Waals surface area contributed by atoms with Gasteiger partial charge < -0.3 is 4.57 Å². The number of aryl methyl sites for hydroxylation is 1. The normalized spacial score (nSPS) is 14.3. The van der Waals surface area contributed by atoms with E-state index in [-0.39, 0.29) is 0 Å². The fourth-order valence-electron chi connectivity index (χ4n) is 3.26. The van der Waals surface area contributed by atoms with Gasteiger partial charge in [0, 0.05) is 39.1 Å².